The molecule has 2 atom stereocenters. The Kier molecular flexibility index (Phi) is 1.98. The van der Waals surface area contributed by atoms with Crippen LogP contribution in [0.25, 0.3) is 0 Å². The molecule has 3 N–H and O–H groups in total. The van der Waals surface area contributed by atoms with E-state index in [1.165, 1.54) is 11.2 Å². The predicted octanol–water partition coefficient (Wildman–Crippen LogP) is -2.24. The molecule has 0 saturated carbocycles. The molecule has 7 heteroatoms. The maximum absolute atomic E-state index is 5.59. The molecule has 0 aromatic carbocycles. The van der Waals surface area contributed by atoms with Gasteiger partial charge in [-0.05, 0) is 0 Å². The van der Waals surface area contributed by atoms with Crippen molar-refractivity contribution in [2.75, 3.05) is 13.2 Å². The van der Waals surface area contributed by atoms with Gasteiger partial charge in [0.05, 0.1) is 17.6 Å². The normalized spacial score (nSPS) is 30.4. The van der Waals surface area contributed by atoms with Gasteiger partial charge in [0, 0.05) is 0 Å². The fraction of sp³-hybridized carbons (Fsp3) is 0.800. The summed E-state index contributed by atoms with van der Waals surface area (Å²) in [7, 11) is 0. The first-order chi connectivity index (χ1) is 5.86. The van der Waals surface area contributed by atoms with Crippen LogP contribution >= 0.6 is 0 Å². The maximum atomic E-state index is 5.59. The van der Waals surface area contributed by atoms with Crippen molar-refractivity contribution in [1.82, 2.24) is 15.6 Å². The quantitative estimate of drug-likeness (QED) is 0.465. The van der Waals surface area contributed by atoms with Crippen molar-refractivity contribution >= 4 is 0 Å². The second-order valence-electron chi connectivity index (χ2n) is 2.54. The number of hydrogen-bond acceptors (Lipinski definition) is 6. The van der Waals surface area contributed by atoms with Gasteiger partial charge in [-0.1, -0.05) is 0 Å². The molecular formula is C5H10N5O2+. The summed E-state index contributed by atoms with van der Waals surface area (Å²) in [6.07, 6.45) is 0.918. The van der Waals surface area contributed by atoms with E-state index in [2.05, 4.69) is 15.6 Å². The van der Waals surface area contributed by atoms with Gasteiger partial charge in [0.25, 0.3) is 0 Å². The zero-order chi connectivity index (χ0) is 8.39. The van der Waals surface area contributed by atoms with Crippen molar-refractivity contribution in [3.8, 4) is 0 Å². The highest BCUT2D eigenvalue weighted by Crippen LogP contribution is 1.98. The highest BCUT2D eigenvalue weighted by Gasteiger charge is 2.27. The van der Waals surface area contributed by atoms with Crippen molar-refractivity contribution in [2.24, 2.45) is 5.73 Å². The van der Waals surface area contributed by atoms with E-state index in [4.69, 9.17) is 15.0 Å². The van der Waals surface area contributed by atoms with Crippen LogP contribution < -0.4 is 15.9 Å². The van der Waals surface area contributed by atoms with Crippen molar-refractivity contribution in [1.29, 1.82) is 0 Å². The first-order valence-corrected chi connectivity index (χ1v) is 3.64. The van der Waals surface area contributed by atoms with Crippen LogP contribution in [-0.4, -0.2) is 29.7 Å². The predicted molar refractivity (Wildman–Crippen MR) is 35.5 cm³/mol. The van der Waals surface area contributed by atoms with Gasteiger partial charge in [-0.25, -0.2) is 4.52 Å². The van der Waals surface area contributed by atoms with Crippen molar-refractivity contribution in [3.63, 3.8) is 0 Å². The molecule has 2 heterocycles. The van der Waals surface area contributed by atoms with Crippen LogP contribution in [0, 0.1) is 0 Å². The first-order valence-electron chi connectivity index (χ1n) is 3.64. The van der Waals surface area contributed by atoms with Gasteiger partial charge in [-0.2, -0.15) is 0 Å². The fourth-order valence-electron chi connectivity index (χ4n) is 1.08. The Morgan fingerprint density at radius 2 is 2.50 bits per heavy atom. The Morgan fingerprint density at radius 3 is 3.17 bits per heavy atom. The van der Waals surface area contributed by atoms with Crippen LogP contribution in [-0.2, 0) is 4.74 Å². The van der Waals surface area contributed by atoms with Crippen LogP contribution in [0.4, 0.5) is 0 Å². The summed E-state index contributed by atoms with van der Waals surface area (Å²) >= 11 is 0. The lowest BCUT2D eigenvalue weighted by atomic mass is 10.4. The van der Waals surface area contributed by atoms with Crippen LogP contribution in [0.2, 0.25) is 0 Å². The molecule has 66 valence electrons. The number of ether oxygens (including phenoxy) is 1. The van der Waals surface area contributed by atoms with Gasteiger partial charge < -0.3 is 10.5 Å². The van der Waals surface area contributed by atoms with Gasteiger partial charge in [-0.15, -0.1) is 0 Å². The lowest BCUT2D eigenvalue weighted by molar-refractivity contribution is -0.933. The van der Waals surface area contributed by atoms with E-state index < -0.39 is 0 Å². The van der Waals surface area contributed by atoms with E-state index in [1.54, 1.807) is 0 Å². The van der Waals surface area contributed by atoms with E-state index in [0.29, 0.717) is 13.2 Å². The Bertz CT molecular complexity index is 238. The number of nitrogens with zero attached hydrogens (tertiary/aromatic N) is 3. The highest BCUT2D eigenvalue weighted by atomic mass is 16.5. The molecular weight excluding hydrogens is 162 g/mol. The number of hydrogen-bond donors (Lipinski definition) is 2. The molecule has 0 bridgehead atoms. The monoisotopic (exact) mass is 172 g/mol. The number of aromatic nitrogens is 3. The molecule has 2 unspecified atom stereocenters. The Balaban J connectivity index is 2.04. The molecule has 12 heavy (non-hydrogen) atoms. The molecule has 7 nitrogen and oxygen atoms in total. The molecule has 1 aromatic rings. The van der Waals surface area contributed by atoms with Crippen LogP contribution in [0.3, 0.4) is 0 Å². The molecule has 1 aromatic heterocycles. The van der Waals surface area contributed by atoms with Gasteiger partial charge in [0.15, 0.2) is 5.21 Å². The molecule has 1 aliphatic heterocycles. The third-order valence-corrected chi connectivity index (χ3v) is 1.59. The number of morpholine rings is 1. The summed E-state index contributed by atoms with van der Waals surface area (Å²) in [6.45, 7) is 0.992. The summed E-state index contributed by atoms with van der Waals surface area (Å²) in [4.78, 5) is 1.32. The van der Waals surface area contributed by atoms with Crippen LogP contribution in [0.15, 0.2) is 10.9 Å². The van der Waals surface area contributed by atoms with Gasteiger partial charge in [0.1, 0.15) is 11.7 Å². The molecule has 0 aliphatic carbocycles. The molecule has 0 spiro atoms. The topological polar surface area (TPSA) is 90.1 Å². The molecule has 0 amide bonds. The van der Waals surface area contributed by atoms with E-state index in [0.717, 1.165) is 0 Å². The zero-order valence-corrected chi connectivity index (χ0v) is 6.38. The first kappa shape index (κ1) is 7.59. The lowest BCUT2D eigenvalue weighted by Gasteiger charge is -2.23. The summed E-state index contributed by atoms with van der Waals surface area (Å²) in [5.41, 5.74) is 5.59. The number of nitrogens with two attached hydrogens (primary N) is 1. The third-order valence-electron chi connectivity index (χ3n) is 1.59. The fourth-order valence-corrected chi connectivity index (χ4v) is 1.08. The smallest absolute Gasteiger partial charge is 0.372 e. The largest absolute Gasteiger partial charge is 0.372 e. The Hall–Kier alpha value is -1.05. The molecule has 0 radical (unpaired) electrons. The molecule has 2 rings (SSSR count). The van der Waals surface area contributed by atoms with Crippen molar-refractivity contribution in [2.45, 2.75) is 12.3 Å². The average molecular weight is 172 g/mol. The summed E-state index contributed by atoms with van der Waals surface area (Å²) in [6, 6.07) is 0. The summed E-state index contributed by atoms with van der Waals surface area (Å²) in [5.74, 6) is 0. The Labute approximate surface area is 68.4 Å². The SMILES string of the molecule is NC1COCC([n+]2nnco2)N1. The standard InChI is InChI=1S/C5H10N5O2/c6-4-1-11-2-5(8-4)10-9-7-3-12-10/h3-5,8H,1-2,6H2/q+1. The number of nitrogens with one attached hydrogen (secondary N) is 1. The van der Waals surface area contributed by atoms with Crippen LogP contribution in [0.5, 0.6) is 0 Å². The maximum Gasteiger partial charge on any atom is 0.372 e. The summed E-state index contributed by atoms with van der Waals surface area (Å²) in [5, 5.41) is 10.2. The second-order valence-corrected chi connectivity index (χ2v) is 2.54. The highest BCUT2D eigenvalue weighted by molar-refractivity contribution is 4.62. The molecule has 1 saturated heterocycles. The minimum absolute atomic E-state index is 0.156. The summed E-state index contributed by atoms with van der Waals surface area (Å²) < 4.78 is 10.1. The van der Waals surface area contributed by atoms with Crippen molar-refractivity contribution < 1.29 is 14.1 Å². The molecule has 1 aliphatic rings. The lowest BCUT2D eigenvalue weighted by Crippen LogP contribution is -2.60. The van der Waals surface area contributed by atoms with Gasteiger partial charge >= 0.3 is 6.39 Å². The minimum atomic E-state index is -0.178. The van der Waals surface area contributed by atoms with E-state index >= 15 is 0 Å². The number of rotatable bonds is 1. The van der Waals surface area contributed by atoms with Gasteiger partial charge in [-0.3, -0.25) is 5.32 Å². The molecule has 1 fully saturated rings. The average Bonchev–Trinajstić information content (AvgIpc) is 2.56. The van der Waals surface area contributed by atoms with Gasteiger partial charge in [0.2, 0.25) is 6.17 Å². The second kappa shape index (κ2) is 3.13. The van der Waals surface area contributed by atoms with E-state index in [-0.39, 0.29) is 12.3 Å². The van der Waals surface area contributed by atoms with Crippen molar-refractivity contribution in [3.05, 3.63) is 6.39 Å². The Morgan fingerprint density at radius 1 is 1.58 bits per heavy atom. The minimum Gasteiger partial charge on any atom is -0.372 e. The van der Waals surface area contributed by atoms with Crippen LogP contribution in [0.1, 0.15) is 6.17 Å². The third kappa shape index (κ3) is 1.42. The van der Waals surface area contributed by atoms with E-state index in [1.807, 2.05) is 0 Å². The van der Waals surface area contributed by atoms with E-state index in [9.17, 15) is 0 Å². The zero-order valence-electron chi connectivity index (χ0n) is 6.38.